The molecule has 0 saturated carbocycles. The van der Waals surface area contributed by atoms with E-state index >= 15 is 0 Å². The first-order chi connectivity index (χ1) is 11.1. The Balaban J connectivity index is 2.19. The number of rotatable bonds is 4. The highest BCUT2D eigenvalue weighted by molar-refractivity contribution is 9.10. The molecular formula is C16H12BrN3O2S. The van der Waals surface area contributed by atoms with E-state index in [0.29, 0.717) is 21.8 Å². The van der Waals surface area contributed by atoms with Crippen LogP contribution < -0.4 is 5.56 Å². The molecule has 0 bridgehead atoms. The van der Waals surface area contributed by atoms with E-state index in [-0.39, 0.29) is 17.4 Å². The predicted octanol–water partition coefficient (Wildman–Crippen LogP) is 3.80. The van der Waals surface area contributed by atoms with Gasteiger partial charge in [-0.1, -0.05) is 27.7 Å². The Labute approximate surface area is 145 Å². The third-order valence-corrected chi connectivity index (χ3v) is 4.71. The van der Waals surface area contributed by atoms with Crippen LogP contribution in [-0.2, 0) is 6.54 Å². The minimum atomic E-state index is -0.308. The Morgan fingerprint density at radius 2 is 2.30 bits per heavy atom. The van der Waals surface area contributed by atoms with Crippen molar-refractivity contribution in [2.75, 3.05) is 0 Å². The maximum absolute atomic E-state index is 12.9. The van der Waals surface area contributed by atoms with Crippen LogP contribution in [0.2, 0.25) is 0 Å². The third-order valence-electron chi connectivity index (χ3n) is 3.24. The van der Waals surface area contributed by atoms with Crippen LogP contribution in [0.4, 0.5) is 0 Å². The summed E-state index contributed by atoms with van der Waals surface area (Å²) in [5.74, 6) is 0.662. The summed E-state index contributed by atoms with van der Waals surface area (Å²) in [6.07, 6.45) is 1.57. The number of nitrogens with zero attached hydrogens (tertiary/aromatic N) is 3. The molecule has 0 saturated heterocycles. The zero-order valence-electron chi connectivity index (χ0n) is 12.2. The lowest BCUT2D eigenvalue weighted by Crippen LogP contribution is -2.24. The summed E-state index contributed by atoms with van der Waals surface area (Å²) in [5, 5.41) is 9.78. The van der Waals surface area contributed by atoms with Gasteiger partial charge in [0.05, 0.1) is 35.0 Å². The minimum absolute atomic E-state index is 0.152. The molecule has 0 amide bonds. The SMILES string of the molecule is C[C@H](C#N)Sc1nc2ccc(Br)cc2c(=O)n1Cc1ccco1. The van der Waals surface area contributed by atoms with Crippen molar-refractivity contribution in [3.05, 3.63) is 57.2 Å². The van der Waals surface area contributed by atoms with Crippen molar-refractivity contribution in [1.82, 2.24) is 9.55 Å². The molecule has 1 atom stereocenters. The van der Waals surface area contributed by atoms with Gasteiger partial charge >= 0.3 is 0 Å². The Bertz CT molecular complexity index is 944. The Morgan fingerprint density at radius 1 is 1.48 bits per heavy atom. The molecule has 0 aliphatic rings. The van der Waals surface area contributed by atoms with E-state index in [9.17, 15) is 4.79 Å². The van der Waals surface area contributed by atoms with Gasteiger partial charge in [-0.3, -0.25) is 9.36 Å². The van der Waals surface area contributed by atoms with Crippen LogP contribution in [0.25, 0.3) is 10.9 Å². The highest BCUT2D eigenvalue weighted by Gasteiger charge is 2.15. The lowest BCUT2D eigenvalue weighted by atomic mass is 10.2. The molecule has 2 heterocycles. The molecule has 7 heteroatoms. The molecule has 5 nitrogen and oxygen atoms in total. The molecule has 0 unspecified atom stereocenters. The monoisotopic (exact) mass is 389 g/mol. The lowest BCUT2D eigenvalue weighted by Gasteiger charge is -2.13. The Hall–Kier alpha value is -2.04. The first kappa shape index (κ1) is 15.8. The van der Waals surface area contributed by atoms with Crippen LogP contribution in [0.15, 0.2) is 55.4 Å². The van der Waals surface area contributed by atoms with Gasteiger partial charge in [-0.15, -0.1) is 0 Å². The summed E-state index contributed by atoms with van der Waals surface area (Å²) in [6.45, 7) is 2.06. The van der Waals surface area contributed by atoms with Gasteiger partial charge in [0.15, 0.2) is 5.16 Å². The van der Waals surface area contributed by atoms with Gasteiger partial charge in [0, 0.05) is 4.47 Å². The maximum atomic E-state index is 12.9. The Morgan fingerprint density at radius 3 is 3.00 bits per heavy atom. The second-order valence-electron chi connectivity index (χ2n) is 4.92. The van der Waals surface area contributed by atoms with Gasteiger partial charge in [0.1, 0.15) is 5.76 Å². The average molecular weight is 390 g/mol. The fourth-order valence-electron chi connectivity index (χ4n) is 2.14. The van der Waals surface area contributed by atoms with E-state index in [2.05, 4.69) is 27.0 Å². The van der Waals surface area contributed by atoms with Gasteiger partial charge in [-0.25, -0.2) is 4.98 Å². The van der Waals surface area contributed by atoms with E-state index in [1.807, 2.05) is 6.07 Å². The van der Waals surface area contributed by atoms with Gasteiger partial charge in [0.2, 0.25) is 0 Å². The van der Waals surface area contributed by atoms with E-state index in [4.69, 9.17) is 9.68 Å². The van der Waals surface area contributed by atoms with Crippen molar-refractivity contribution in [2.45, 2.75) is 23.9 Å². The molecule has 0 aliphatic heterocycles. The lowest BCUT2D eigenvalue weighted by molar-refractivity contribution is 0.476. The number of furan rings is 1. The number of hydrogen-bond donors (Lipinski definition) is 0. The van der Waals surface area contributed by atoms with Crippen molar-refractivity contribution in [1.29, 1.82) is 5.26 Å². The van der Waals surface area contributed by atoms with E-state index in [1.165, 1.54) is 11.8 Å². The first-order valence-corrected chi connectivity index (χ1v) is 8.54. The second-order valence-corrected chi connectivity index (χ2v) is 7.14. The molecule has 3 rings (SSSR count). The minimum Gasteiger partial charge on any atom is -0.467 e. The number of aromatic nitrogens is 2. The van der Waals surface area contributed by atoms with Crippen LogP contribution in [0, 0.1) is 11.3 Å². The number of thioether (sulfide) groups is 1. The fraction of sp³-hybridized carbons (Fsp3) is 0.188. The molecule has 1 aromatic carbocycles. The second kappa shape index (κ2) is 6.60. The molecule has 0 fully saturated rings. The zero-order valence-corrected chi connectivity index (χ0v) is 14.6. The summed E-state index contributed by atoms with van der Waals surface area (Å²) in [6, 6.07) is 11.1. The standard InChI is InChI=1S/C16H12BrN3O2S/c1-10(8-18)23-16-19-14-5-4-11(17)7-13(14)15(21)20(16)9-12-3-2-6-22-12/h2-7,10H,9H2,1H3/t10-/m1/s1. The molecule has 2 aromatic heterocycles. The van der Waals surface area contributed by atoms with Crippen LogP contribution >= 0.6 is 27.7 Å². The number of halogens is 1. The van der Waals surface area contributed by atoms with Gasteiger partial charge in [-0.2, -0.15) is 5.26 Å². The summed E-state index contributed by atoms with van der Waals surface area (Å²) >= 11 is 4.64. The van der Waals surface area contributed by atoms with Crippen LogP contribution in [0.1, 0.15) is 12.7 Å². The van der Waals surface area contributed by atoms with E-state index in [0.717, 1.165) is 4.47 Å². The van der Waals surface area contributed by atoms with E-state index < -0.39 is 0 Å². The van der Waals surface area contributed by atoms with E-state index in [1.54, 1.807) is 42.0 Å². The number of fused-ring (bicyclic) bond motifs is 1. The van der Waals surface area contributed by atoms with Crippen molar-refractivity contribution in [3.8, 4) is 6.07 Å². The third kappa shape index (κ3) is 3.33. The zero-order chi connectivity index (χ0) is 16.4. The summed E-state index contributed by atoms with van der Waals surface area (Å²) in [7, 11) is 0. The molecular weight excluding hydrogens is 378 g/mol. The first-order valence-electron chi connectivity index (χ1n) is 6.87. The normalized spacial score (nSPS) is 12.2. The van der Waals surface area contributed by atoms with Crippen molar-refractivity contribution < 1.29 is 4.42 Å². The van der Waals surface area contributed by atoms with Crippen LogP contribution in [0.3, 0.4) is 0 Å². The summed E-state index contributed by atoms with van der Waals surface area (Å²) in [5.41, 5.74) is 0.460. The molecule has 116 valence electrons. The number of hydrogen-bond acceptors (Lipinski definition) is 5. The van der Waals surface area contributed by atoms with Gasteiger partial charge < -0.3 is 4.42 Å². The van der Waals surface area contributed by atoms with Gasteiger partial charge in [0.25, 0.3) is 5.56 Å². The molecule has 0 radical (unpaired) electrons. The number of nitriles is 1. The topological polar surface area (TPSA) is 71.8 Å². The smallest absolute Gasteiger partial charge is 0.262 e. The van der Waals surface area contributed by atoms with Crippen molar-refractivity contribution >= 4 is 38.6 Å². The average Bonchev–Trinajstić information content (AvgIpc) is 3.05. The molecule has 0 spiro atoms. The summed E-state index contributed by atoms with van der Waals surface area (Å²) < 4.78 is 7.71. The highest BCUT2D eigenvalue weighted by Crippen LogP contribution is 2.24. The van der Waals surface area contributed by atoms with Gasteiger partial charge in [-0.05, 0) is 37.3 Å². The predicted molar refractivity (Wildman–Crippen MR) is 92.4 cm³/mol. The molecule has 23 heavy (non-hydrogen) atoms. The largest absolute Gasteiger partial charge is 0.467 e. The maximum Gasteiger partial charge on any atom is 0.262 e. The molecule has 0 aliphatic carbocycles. The Kier molecular flexibility index (Phi) is 4.55. The molecule has 0 N–H and O–H groups in total. The molecule has 3 aromatic rings. The van der Waals surface area contributed by atoms with Crippen LogP contribution in [0.5, 0.6) is 0 Å². The van der Waals surface area contributed by atoms with Crippen molar-refractivity contribution in [2.24, 2.45) is 0 Å². The number of benzene rings is 1. The summed E-state index contributed by atoms with van der Waals surface area (Å²) in [4.78, 5) is 17.4. The van der Waals surface area contributed by atoms with Crippen LogP contribution in [-0.4, -0.2) is 14.8 Å². The quantitative estimate of drug-likeness (QED) is 0.501. The fourth-order valence-corrected chi connectivity index (χ4v) is 3.30. The highest BCUT2D eigenvalue weighted by atomic mass is 79.9. The van der Waals surface area contributed by atoms with Crippen molar-refractivity contribution in [3.63, 3.8) is 0 Å².